The molecule has 2 nitrogen and oxygen atoms in total. The first-order valence-corrected chi connectivity index (χ1v) is 5.05. The predicted molar refractivity (Wildman–Crippen MR) is 60.2 cm³/mol. The van der Waals surface area contributed by atoms with E-state index in [0.29, 0.717) is 11.1 Å². The fourth-order valence-electron chi connectivity index (χ4n) is 1.32. The van der Waals surface area contributed by atoms with Crippen LogP contribution in [0.3, 0.4) is 0 Å². The van der Waals surface area contributed by atoms with Crippen molar-refractivity contribution in [1.82, 2.24) is 5.32 Å². The number of halogens is 1. The van der Waals surface area contributed by atoms with Crippen molar-refractivity contribution in [2.75, 3.05) is 14.2 Å². The maximum Gasteiger partial charge on any atom is 0.123 e. The monoisotopic (exact) mass is 213 g/mol. The molecule has 1 N–H and O–H groups in total. The maximum absolute atomic E-state index is 5.87. The van der Waals surface area contributed by atoms with E-state index in [2.05, 4.69) is 12.2 Å². The third-order valence-corrected chi connectivity index (χ3v) is 2.50. The van der Waals surface area contributed by atoms with Crippen molar-refractivity contribution in [1.29, 1.82) is 0 Å². The predicted octanol–water partition coefficient (Wildman–Crippen LogP) is 2.50. The van der Waals surface area contributed by atoms with Gasteiger partial charge in [-0.15, -0.1) is 0 Å². The van der Waals surface area contributed by atoms with Gasteiger partial charge in [0.25, 0.3) is 0 Å². The number of likely N-dealkylation sites (N-methyl/N-ethyl adjacent to an activating group) is 1. The number of ether oxygens (including phenoxy) is 1. The van der Waals surface area contributed by atoms with Crippen LogP contribution < -0.4 is 10.1 Å². The molecule has 0 amide bonds. The second-order valence-electron chi connectivity index (χ2n) is 3.35. The zero-order chi connectivity index (χ0) is 10.6. The molecule has 1 atom stereocenters. The van der Waals surface area contributed by atoms with Crippen molar-refractivity contribution in [3.05, 3.63) is 28.8 Å². The molecule has 0 heterocycles. The number of methoxy groups -OCH3 is 1. The average Bonchev–Trinajstić information content (AvgIpc) is 2.20. The van der Waals surface area contributed by atoms with Gasteiger partial charge in [-0.2, -0.15) is 0 Å². The number of benzene rings is 1. The van der Waals surface area contributed by atoms with Crippen molar-refractivity contribution in [2.45, 2.75) is 19.4 Å². The molecular weight excluding hydrogens is 198 g/mol. The average molecular weight is 214 g/mol. The van der Waals surface area contributed by atoms with Crippen LogP contribution >= 0.6 is 11.6 Å². The summed E-state index contributed by atoms with van der Waals surface area (Å²) in [7, 11) is 3.62. The lowest BCUT2D eigenvalue weighted by atomic mass is 10.1. The van der Waals surface area contributed by atoms with Crippen LogP contribution in [0.4, 0.5) is 0 Å². The topological polar surface area (TPSA) is 21.3 Å². The molecular formula is C11H16ClNO. The highest BCUT2D eigenvalue weighted by Crippen LogP contribution is 2.24. The lowest BCUT2D eigenvalue weighted by Crippen LogP contribution is -2.23. The molecule has 0 aliphatic carbocycles. The molecule has 0 saturated carbocycles. The van der Waals surface area contributed by atoms with Gasteiger partial charge in [0.1, 0.15) is 5.75 Å². The quantitative estimate of drug-likeness (QED) is 0.830. The Balaban J connectivity index is 2.85. The Morgan fingerprint density at radius 3 is 2.79 bits per heavy atom. The SMILES string of the molecule is CNC(C)Cc1ccc(Cl)cc1OC. The second kappa shape index (κ2) is 5.23. The smallest absolute Gasteiger partial charge is 0.123 e. The second-order valence-corrected chi connectivity index (χ2v) is 3.79. The van der Waals surface area contributed by atoms with Gasteiger partial charge in [0, 0.05) is 11.1 Å². The molecule has 14 heavy (non-hydrogen) atoms. The van der Waals surface area contributed by atoms with Crippen LogP contribution in [-0.4, -0.2) is 20.2 Å². The third kappa shape index (κ3) is 2.89. The maximum atomic E-state index is 5.87. The largest absolute Gasteiger partial charge is 0.496 e. The van der Waals surface area contributed by atoms with Gasteiger partial charge < -0.3 is 10.1 Å². The molecule has 3 heteroatoms. The standard InChI is InChI=1S/C11H16ClNO/c1-8(13-2)6-9-4-5-10(12)7-11(9)14-3/h4-5,7-8,13H,6H2,1-3H3. The van der Waals surface area contributed by atoms with Gasteiger partial charge >= 0.3 is 0 Å². The van der Waals surface area contributed by atoms with E-state index >= 15 is 0 Å². The molecule has 1 aromatic rings. The zero-order valence-electron chi connectivity index (χ0n) is 8.80. The van der Waals surface area contributed by atoms with Gasteiger partial charge in [-0.3, -0.25) is 0 Å². The lowest BCUT2D eigenvalue weighted by Gasteiger charge is -2.13. The molecule has 0 saturated heterocycles. The Bertz CT molecular complexity index is 301. The first kappa shape index (κ1) is 11.3. The minimum atomic E-state index is 0.435. The van der Waals surface area contributed by atoms with Crippen molar-refractivity contribution < 1.29 is 4.74 Å². The van der Waals surface area contributed by atoms with Crippen molar-refractivity contribution in [3.63, 3.8) is 0 Å². The number of hydrogen-bond donors (Lipinski definition) is 1. The van der Waals surface area contributed by atoms with Crippen LogP contribution in [-0.2, 0) is 6.42 Å². The summed E-state index contributed by atoms with van der Waals surface area (Å²) in [5.74, 6) is 0.861. The van der Waals surface area contributed by atoms with Crippen molar-refractivity contribution >= 4 is 11.6 Å². The first-order chi connectivity index (χ1) is 6.67. The zero-order valence-corrected chi connectivity index (χ0v) is 9.56. The molecule has 1 rings (SSSR count). The van der Waals surface area contributed by atoms with Crippen LogP contribution in [0.1, 0.15) is 12.5 Å². The molecule has 1 unspecified atom stereocenters. The highest BCUT2D eigenvalue weighted by atomic mass is 35.5. The van der Waals surface area contributed by atoms with Gasteiger partial charge in [0.2, 0.25) is 0 Å². The normalized spacial score (nSPS) is 12.6. The summed E-state index contributed by atoms with van der Waals surface area (Å²) >= 11 is 5.87. The van der Waals surface area contributed by atoms with Crippen LogP contribution in [0.25, 0.3) is 0 Å². The summed E-state index contributed by atoms with van der Waals surface area (Å²) in [6.07, 6.45) is 0.941. The van der Waals surface area contributed by atoms with Gasteiger partial charge in [0.15, 0.2) is 0 Å². The number of rotatable bonds is 4. The Morgan fingerprint density at radius 2 is 2.21 bits per heavy atom. The first-order valence-electron chi connectivity index (χ1n) is 4.67. The molecule has 0 aliphatic heterocycles. The molecule has 0 bridgehead atoms. The highest BCUT2D eigenvalue weighted by molar-refractivity contribution is 6.30. The Labute approximate surface area is 90.2 Å². The Hall–Kier alpha value is -0.730. The van der Waals surface area contributed by atoms with E-state index in [-0.39, 0.29) is 0 Å². The lowest BCUT2D eigenvalue weighted by molar-refractivity contribution is 0.407. The Morgan fingerprint density at radius 1 is 1.50 bits per heavy atom. The van der Waals surface area contributed by atoms with Crippen LogP contribution in [0.5, 0.6) is 5.75 Å². The summed E-state index contributed by atoms with van der Waals surface area (Å²) in [5.41, 5.74) is 1.18. The molecule has 0 aliphatic rings. The molecule has 0 radical (unpaired) electrons. The highest BCUT2D eigenvalue weighted by Gasteiger charge is 2.06. The third-order valence-electron chi connectivity index (χ3n) is 2.27. The number of hydrogen-bond acceptors (Lipinski definition) is 2. The van der Waals surface area contributed by atoms with Gasteiger partial charge in [-0.05, 0) is 38.1 Å². The minimum absolute atomic E-state index is 0.435. The minimum Gasteiger partial charge on any atom is -0.496 e. The van der Waals surface area contributed by atoms with Crippen LogP contribution in [0, 0.1) is 0 Å². The van der Waals surface area contributed by atoms with E-state index < -0.39 is 0 Å². The van der Waals surface area contributed by atoms with E-state index in [1.54, 1.807) is 7.11 Å². The van der Waals surface area contributed by atoms with E-state index in [0.717, 1.165) is 12.2 Å². The fourth-order valence-corrected chi connectivity index (χ4v) is 1.48. The summed E-state index contributed by atoms with van der Waals surface area (Å²) < 4.78 is 5.26. The van der Waals surface area contributed by atoms with Gasteiger partial charge in [-0.1, -0.05) is 17.7 Å². The van der Waals surface area contributed by atoms with E-state index in [1.807, 2.05) is 25.2 Å². The van der Waals surface area contributed by atoms with Crippen molar-refractivity contribution in [3.8, 4) is 5.75 Å². The van der Waals surface area contributed by atoms with Crippen LogP contribution in [0.2, 0.25) is 5.02 Å². The molecule has 0 aromatic heterocycles. The van der Waals surface area contributed by atoms with Gasteiger partial charge in [-0.25, -0.2) is 0 Å². The van der Waals surface area contributed by atoms with Crippen molar-refractivity contribution in [2.24, 2.45) is 0 Å². The summed E-state index contributed by atoms with van der Waals surface area (Å²) in [5, 5.41) is 3.90. The fraction of sp³-hybridized carbons (Fsp3) is 0.455. The summed E-state index contributed by atoms with van der Waals surface area (Å²) in [4.78, 5) is 0. The number of nitrogens with one attached hydrogen (secondary N) is 1. The van der Waals surface area contributed by atoms with E-state index in [4.69, 9.17) is 16.3 Å². The van der Waals surface area contributed by atoms with E-state index in [1.165, 1.54) is 5.56 Å². The van der Waals surface area contributed by atoms with E-state index in [9.17, 15) is 0 Å². The Kier molecular flexibility index (Phi) is 4.23. The molecule has 78 valence electrons. The summed E-state index contributed by atoms with van der Waals surface area (Å²) in [6, 6.07) is 6.18. The molecule has 0 fully saturated rings. The molecule has 0 spiro atoms. The van der Waals surface area contributed by atoms with Gasteiger partial charge in [0.05, 0.1) is 7.11 Å². The molecule has 1 aromatic carbocycles. The van der Waals surface area contributed by atoms with Crippen LogP contribution in [0.15, 0.2) is 18.2 Å². The summed E-state index contributed by atoms with van der Waals surface area (Å²) in [6.45, 7) is 2.13.